The fourth-order valence-electron chi connectivity index (χ4n) is 4.18. The van der Waals surface area contributed by atoms with Gasteiger partial charge in [0.05, 0.1) is 9.79 Å². The van der Waals surface area contributed by atoms with Crippen molar-refractivity contribution < 1.29 is 16.8 Å². The van der Waals surface area contributed by atoms with Gasteiger partial charge in [0.1, 0.15) is 0 Å². The molecule has 0 aromatic heterocycles. The molecule has 1 heterocycles. The maximum absolute atomic E-state index is 13.5. The molecule has 0 saturated carbocycles. The van der Waals surface area contributed by atoms with Crippen molar-refractivity contribution in [3.63, 3.8) is 0 Å². The summed E-state index contributed by atoms with van der Waals surface area (Å²) in [6, 6.07) is 13.7. The summed E-state index contributed by atoms with van der Waals surface area (Å²) >= 11 is 0. The number of sulfonamides is 2. The Morgan fingerprint density at radius 1 is 0.562 bits per heavy atom. The molecule has 6 nitrogen and oxygen atoms in total. The van der Waals surface area contributed by atoms with E-state index in [-0.39, 0.29) is 36.0 Å². The first kappa shape index (κ1) is 24.9. The zero-order chi connectivity index (χ0) is 23.9. The number of hydrogen-bond donors (Lipinski definition) is 0. The van der Waals surface area contributed by atoms with Gasteiger partial charge in [-0.3, -0.25) is 0 Å². The van der Waals surface area contributed by atoms with Crippen molar-refractivity contribution in [2.24, 2.45) is 10.8 Å². The predicted octanol–water partition coefficient (Wildman–Crippen LogP) is 4.05. The molecule has 1 aliphatic rings. The van der Waals surface area contributed by atoms with E-state index in [1.54, 1.807) is 48.5 Å². The first-order chi connectivity index (χ1) is 14.6. The van der Waals surface area contributed by atoms with Gasteiger partial charge in [-0.2, -0.15) is 8.61 Å². The van der Waals surface area contributed by atoms with Crippen LogP contribution in [0.5, 0.6) is 0 Å². The number of hydrogen-bond acceptors (Lipinski definition) is 4. The van der Waals surface area contributed by atoms with Crippen molar-refractivity contribution in [1.29, 1.82) is 0 Å². The normalized spacial score (nSPS) is 20.4. The molecule has 1 saturated heterocycles. The first-order valence-corrected chi connectivity index (χ1v) is 13.6. The second-order valence-corrected chi connectivity index (χ2v) is 14.4. The van der Waals surface area contributed by atoms with Gasteiger partial charge in [-0.1, -0.05) is 63.1 Å². The third-order valence-electron chi connectivity index (χ3n) is 5.74. The maximum Gasteiger partial charge on any atom is 0.243 e. The molecule has 0 unspecified atom stereocenters. The molecule has 1 aliphatic heterocycles. The van der Waals surface area contributed by atoms with E-state index in [0.717, 1.165) is 11.1 Å². The van der Waals surface area contributed by atoms with Gasteiger partial charge in [0.15, 0.2) is 0 Å². The Morgan fingerprint density at radius 2 is 0.812 bits per heavy atom. The Labute approximate surface area is 193 Å². The van der Waals surface area contributed by atoms with Crippen LogP contribution < -0.4 is 0 Å². The van der Waals surface area contributed by atoms with Crippen LogP contribution in [0.25, 0.3) is 0 Å². The molecule has 0 spiro atoms. The van der Waals surface area contributed by atoms with E-state index in [1.165, 1.54) is 8.61 Å². The maximum atomic E-state index is 13.5. The van der Waals surface area contributed by atoms with Crippen LogP contribution in [-0.2, 0) is 20.0 Å². The van der Waals surface area contributed by atoms with Crippen LogP contribution in [0.3, 0.4) is 0 Å². The summed E-state index contributed by atoms with van der Waals surface area (Å²) in [4.78, 5) is 0.527. The summed E-state index contributed by atoms with van der Waals surface area (Å²) in [6.45, 7) is 12.4. The quantitative estimate of drug-likeness (QED) is 0.664. The van der Waals surface area contributed by atoms with E-state index < -0.39 is 30.9 Å². The minimum Gasteiger partial charge on any atom is -0.207 e. The lowest BCUT2D eigenvalue weighted by Crippen LogP contribution is -2.55. The van der Waals surface area contributed by atoms with Gasteiger partial charge in [0.25, 0.3) is 0 Å². The molecular formula is C24H34N2O4S2. The van der Waals surface area contributed by atoms with Gasteiger partial charge in [-0.15, -0.1) is 0 Å². The van der Waals surface area contributed by atoms with Crippen molar-refractivity contribution in [3.05, 3.63) is 59.7 Å². The van der Waals surface area contributed by atoms with Crippen LogP contribution in [0.4, 0.5) is 0 Å². The third-order valence-corrected chi connectivity index (χ3v) is 9.35. The molecule has 2 aromatic rings. The summed E-state index contributed by atoms with van der Waals surface area (Å²) < 4.78 is 56.9. The molecule has 0 amide bonds. The first-order valence-electron chi connectivity index (χ1n) is 10.8. The zero-order valence-electron chi connectivity index (χ0n) is 19.8. The van der Waals surface area contributed by atoms with E-state index in [9.17, 15) is 16.8 Å². The minimum atomic E-state index is -3.70. The number of aryl methyl sites for hydroxylation is 2. The van der Waals surface area contributed by atoms with Gasteiger partial charge in [-0.25, -0.2) is 16.8 Å². The highest BCUT2D eigenvalue weighted by atomic mass is 32.2. The van der Waals surface area contributed by atoms with Gasteiger partial charge >= 0.3 is 0 Å². The Kier molecular flexibility index (Phi) is 6.66. The molecule has 32 heavy (non-hydrogen) atoms. The summed E-state index contributed by atoms with van der Waals surface area (Å²) in [5, 5.41) is 0. The summed E-state index contributed by atoms with van der Waals surface area (Å²) in [7, 11) is -7.41. The molecular weight excluding hydrogens is 444 g/mol. The summed E-state index contributed by atoms with van der Waals surface area (Å²) in [6.07, 6.45) is 0. The standard InChI is InChI=1S/C24H34N2O4S2/c1-19-7-11-21(12-8-19)31(27,28)25-15-23(3,4)17-26(18-24(5,6)16-25)32(29,30)22-13-9-20(2)10-14-22/h7-14H,15-18H2,1-6H3. The van der Waals surface area contributed by atoms with Crippen LogP contribution in [0, 0.1) is 24.7 Å². The van der Waals surface area contributed by atoms with Gasteiger partial charge in [-0.05, 0) is 48.9 Å². The minimum absolute atomic E-state index is 0.229. The monoisotopic (exact) mass is 478 g/mol. The van der Waals surface area contributed by atoms with Gasteiger partial charge < -0.3 is 0 Å². The lowest BCUT2D eigenvalue weighted by molar-refractivity contribution is 0.111. The summed E-state index contributed by atoms with van der Waals surface area (Å²) in [5.41, 5.74) is 0.835. The van der Waals surface area contributed by atoms with E-state index in [0.29, 0.717) is 0 Å². The Morgan fingerprint density at radius 3 is 1.06 bits per heavy atom. The Hall–Kier alpha value is -1.74. The van der Waals surface area contributed by atoms with Crippen molar-refractivity contribution in [3.8, 4) is 0 Å². The second kappa shape index (κ2) is 8.56. The highest BCUT2D eigenvalue weighted by Crippen LogP contribution is 2.34. The van der Waals surface area contributed by atoms with E-state index in [4.69, 9.17) is 0 Å². The fraction of sp³-hybridized carbons (Fsp3) is 0.500. The largest absolute Gasteiger partial charge is 0.243 e. The predicted molar refractivity (Wildman–Crippen MR) is 127 cm³/mol. The second-order valence-electron chi connectivity index (χ2n) is 10.5. The highest BCUT2D eigenvalue weighted by Gasteiger charge is 2.42. The average Bonchev–Trinajstić information content (AvgIpc) is 2.66. The molecule has 0 N–H and O–H groups in total. The van der Waals surface area contributed by atoms with Crippen LogP contribution in [0.15, 0.2) is 58.3 Å². The third kappa shape index (κ3) is 5.42. The van der Waals surface area contributed by atoms with Crippen LogP contribution >= 0.6 is 0 Å². The molecule has 8 heteroatoms. The number of nitrogens with zero attached hydrogens (tertiary/aromatic N) is 2. The van der Waals surface area contributed by atoms with E-state index in [2.05, 4.69) is 0 Å². The molecule has 0 radical (unpaired) electrons. The van der Waals surface area contributed by atoms with E-state index >= 15 is 0 Å². The van der Waals surface area contributed by atoms with Crippen molar-refractivity contribution in [1.82, 2.24) is 8.61 Å². The molecule has 0 aliphatic carbocycles. The molecule has 0 bridgehead atoms. The Balaban J connectivity index is 1.96. The zero-order valence-corrected chi connectivity index (χ0v) is 21.4. The van der Waals surface area contributed by atoms with Gasteiger partial charge in [0, 0.05) is 26.2 Å². The van der Waals surface area contributed by atoms with Gasteiger partial charge in [0.2, 0.25) is 20.0 Å². The lowest BCUT2D eigenvalue weighted by atomic mass is 9.87. The fourth-order valence-corrected chi connectivity index (χ4v) is 7.81. The van der Waals surface area contributed by atoms with E-state index in [1.807, 2.05) is 41.5 Å². The molecule has 3 rings (SSSR count). The number of benzene rings is 2. The lowest BCUT2D eigenvalue weighted by Gasteiger charge is -2.44. The summed E-state index contributed by atoms with van der Waals surface area (Å²) in [5.74, 6) is 0. The molecule has 2 aromatic carbocycles. The molecule has 176 valence electrons. The van der Waals surface area contributed by atoms with Crippen molar-refractivity contribution in [2.45, 2.75) is 51.3 Å². The van der Waals surface area contributed by atoms with Crippen LogP contribution in [-0.4, -0.2) is 51.6 Å². The van der Waals surface area contributed by atoms with Crippen LogP contribution in [0.1, 0.15) is 38.8 Å². The molecule has 1 fully saturated rings. The SMILES string of the molecule is Cc1ccc(S(=O)(=O)N2CC(C)(C)CN(S(=O)(=O)c3ccc(C)cc3)CC(C)(C)C2)cc1. The Bertz CT molecular complexity index is 1060. The average molecular weight is 479 g/mol. The van der Waals surface area contributed by atoms with Crippen molar-refractivity contribution in [2.75, 3.05) is 26.2 Å². The highest BCUT2D eigenvalue weighted by molar-refractivity contribution is 7.89. The molecule has 0 atom stereocenters. The topological polar surface area (TPSA) is 74.8 Å². The smallest absolute Gasteiger partial charge is 0.207 e. The van der Waals surface area contributed by atoms with Crippen LogP contribution in [0.2, 0.25) is 0 Å². The number of rotatable bonds is 4. The van der Waals surface area contributed by atoms with Crippen molar-refractivity contribution >= 4 is 20.0 Å².